The highest BCUT2D eigenvalue weighted by atomic mass is 127. The molecule has 0 fully saturated rings. The molecule has 1 heterocycles. The average Bonchev–Trinajstić information content (AvgIpc) is 2.42. The third kappa shape index (κ3) is 1.55. The van der Waals surface area contributed by atoms with Gasteiger partial charge in [-0.05, 0) is 46.2 Å². The molecule has 0 aliphatic carbocycles. The lowest BCUT2D eigenvalue weighted by Gasteiger charge is -1.95. The third-order valence-electron chi connectivity index (χ3n) is 1.76. The summed E-state index contributed by atoms with van der Waals surface area (Å²) in [6, 6.07) is 5.32. The molecule has 2 aromatic rings. The predicted octanol–water partition coefficient (Wildman–Crippen LogP) is 3.02. The van der Waals surface area contributed by atoms with Crippen molar-refractivity contribution in [1.82, 2.24) is 0 Å². The number of fused-ring (bicyclic) bond motifs is 1. The summed E-state index contributed by atoms with van der Waals surface area (Å²) in [6.45, 7) is 0. The number of phenolic OH excluding ortho intramolecular Hbond substituents is 1. The van der Waals surface area contributed by atoms with Crippen molar-refractivity contribution >= 4 is 50.3 Å². The molecule has 2 rings (SSSR count). The van der Waals surface area contributed by atoms with Gasteiger partial charge in [0.2, 0.25) is 0 Å². The first kappa shape index (κ1) is 8.96. The SMILES string of the molecule is O=Cc1cc2sc(I)cc2cc1O. The highest BCUT2D eigenvalue weighted by molar-refractivity contribution is 14.1. The van der Waals surface area contributed by atoms with Crippen LogP contribution in [0, 0.1) is 2.88 Å². The summed E-state index contributed by atoms with van der Waals surface area (Å²) in [5.74, 6) is 0.0525. The number of halogens is 1. The summed E-state index contributed by atoms with van der Waals surface area (Å²) in [5, 5.41) is 10.4. The molecule has 1 aromatic heterocycles. The lowest BCUT2D eigenvalue weighted by Crippen LogP contribution is -1.79. The van der Waals surface area contributed by atoms with Crippen molar-refractivity contribution in [3.8, 4) is 5.75 Å². The Hall–Kier alpha value is -0.620. The monoisotopic (exact) mass is 304 g/mol. The Morgan fingerprint density at radius 1 is 1.38 bits per heavy atom. The molecule has 1 N–H and O–H groups in total. The van der Waals surface area contributed by atoms with E-state index in [2.05, 4.69) is 22.6 Å². The first-order valence-electron chi connectivity index (χ1n) is 3.58. The van der Waals surface area contributed by atoms with E-state index in [1.54, 1.807) is 23.5 Å². The summed E-state index contributed by atoms with van der Waals surface area (Å²) in [7, 11) is 0. The molecule has 0 aliphatic heterocycles. The summed E-state index contributed by atoms with van der Waals surface area (Å²) >= 11 is 3.82. The van der Waals surface area contributed by atoms with E-state index in [9.17, 15) is 9.90 Å². The van der Waals surface area contributed by atoms with Crippen molar-refractivity contribution in [3.05, 3.63) is 26.6 Å². The zero-order chi connectivity index (χ0) is 9.42. The molecule has 66 valence electrons. The van der Waals surface area contributed by atoms with Crippen LogP contribution in [0.5, 0.6) is 5.75 Å². The van der Waals surface area contributed by atoms with Crippen molar-refractivity contribution in [2.75, 3.05) is 0 Å². The van der Waals surface area contributed by atoms with Crippen LogP contribution < -0.4 is 0 Å². The molecule has 0 bridgehead atoms. The van der Waals surface area contributed by atoms with Crippen LogP contribution in [0.4, 0.5) is 0 Å². The van der Waals surface area contributed by atoms with Gasteiger partial charge in [-0.1, -0.05) is 0 Å². The number of rotatable bonds is 1. The van der Waals surface area contributed by atoms with Crippen molar-refractivity contribution < 1.29 is 9.90 Å². The van der Waals surface area contributed by atoms with Crippen molar-refractivity contribution in [3.63, 3.8) is 0 Å². The van der Waals surface area contributed by atoms with Gasteiger partial charge in [0.05, 0.1) is 8.45 Å². The number of aromatic hydroxyl groups is 1. The van der Waals surface area contributed by atoms with Crippen LogP contribution in [0.3, 0.4) is 0 Å². The summed E-state index contributed by atoms with van der Waals surface area (Å²) in [6.07, 6.45) is 0.668. The van der Waals surface area contributed by atoms with E-state index in [4.69, 9.17) is 0 Å². The molecule has 4 heteroatoms. The second kappa shape index (κ2) is 3.26. The Balaban J connectivity index is 2.79. The van der Waals surface area contributed by atoms with Crippen molar-refractivity contribution in [1.29, 1.82) is 0 Å². The lowest BCUT2D eigenvalue weighted by atomic mass is 10.2. The van der Waals surface area contributed by atoms with Gasteiger partial charge < -0.3 is 5.11 Å². The fraction of sp³-hybridized carbons (Fsp3) is 0. The molecule has 0 spiro atoms. The largest absolute Gasteiger partial charge is 0.507 e. The summed E-state index contributed by atoms with van der Waals surface area (Å²) in [4.78, 5) is 10.5. The lowest BCUT2D eigenvalue weighted by molar-refractivity contribution is 0.112. The van der Waals surface area contributed by atoms with E-state index in [0.29, 0.717) is 11.8 Å². The number of aldehydes is 1. The molecule has 0 saturated heterocycles. The van der Waals surface area contributed by atoms with Crippen LogP contribution in [-0.2, 0) is 0 Å². The fourth-order valence-corrected chi connectivity index (χ4v) is 3.02. The van der Waals surface area contributed by atoms with Gasteiger partial charge in [-0.3, -0.25) is 4.79 Å². The molecule has 0 amide bonds. The zero-order valence-corrected chi connectivity index (χ0v) is 9.43. The minimum absolute atomic E-state index is 0.0525. The van der Waals surface area contributed by atoms with Crippen LogP contribution in [0.2, 0.25) is 0 Å². The molecular weight excluding hydrogens is 299 g/mol. The molecule has 0 unspecified atom stereocenters. The Bertz CT molecular complexity index is 476. The molecular formula is C9H5IO2S. The molecule has 13 heavy (non-hydrogen) atoms. The molecule has 0 aliphatic rings. The van der Waals surface area contributed by atoms with Crippen LogP contribution in [0.25, 0.3) is 10.1 Å². The minimum atomic E-state index is 0.0525. The van der Waals surface area contributed by atoms with Crippen molar-refractivity contribution in [2.45, 2.75) is 0 Å². The number of carbonyl (C=O) groups excluding carboxylic acids is 1. The smallest absolute Gasteiger partial charge is 0.153 e. The normalized spacial score (nSPS) is 10.5. The van der Waals surface area contributed by atoms with Gasteiger partial charge in [0.1, 0.15) is 5.75 Å². The Labute approximate surface area is 92.3 Å². The number of hydrogen-bond acceptors (Lipinski definition) is 3. The Morgan fingerprint density at radius 3 is 2.85 bits per heavy atom. The number of hydrogen-bond donors (Lipinski definition) is 1. The molecule has 0 atom stereocenters. The maximum atomic E-state index is 10.5. The zero-order valence-electron chi connectivity index (χ0n) is 6.45. The van der Waals surface area contributed by atoms with Gasteiger partial charge in [-0.2, -0.15) is 0 Å². The van der Waals surface area contributed by atoms with E-state index in [-0.39, 0.29) is 5.75 Å². The van der Waals surface area contributed by atoms with Gasteiger partial charge in [-0.25, -0.2) is 0 Å². The average molecular weight is 304 g/mol. The van der Waals surface area contributed by atoms with Gasteiger partial charge in [0.25, 0.3) is 0 Å². The van der Waals surface area contributed by atoms with Crippen LogP contribution in [0.1, 0.15) is 10.4 Å². The fourth-order valence-electron chi connectivity index (χ4n) is 1.15. The molecule has 1 aromatic carbocycles. The van der Waals surface area contributed by atoms with Crippen molar-refractivity contribution in [2.24, 2.45) is 0 Å². The van der Waals surface area contributed by atoms with Gasteiger partial charge >= 0.3 is 0 Å². The van der Waals surface area contributed by atoms with E-state index in [1.165, 1.54) is 0 Å². The number of carbonyl (C=O) groups is 1. The van der Waals surface area contributed by atoms with E-state index >= 15 is 0 Å². The van der Waals surface area contributed by atoms with Gasteiger partial charge in [0.15, 0.2) is 6.29 Å². The molecule has 0 saturated carbocycles. The first-order chi connectivity index (χ1) is 6.20. The van der Waals surface area contributed by atoms with E-state index in [0.717, 1.165) is 13.0 Å². The van der Waals surface area contributed by atoms with Gasteiger partial charge in [0, 0.05) is 4.70 Å². The Morgan fingerprint density at radius 2 is 2.15 bits per heavy atom. The standard InChI is InChI=1S/C9H5IO2S/c10-9-3-5-1-7(12)6(4-11)2-8(5)13-9/h1-4,12H. The van der Waals surface area contributed by atoms with Gasteiger partial charge in [-0.15, -0.1) is 11.3 Å². The predicted molar refractivity (Wildman–Crippen MR) is 61.6 cm³/mol. The van der Waals surface area contributed by atoms with Crippen LogP contribution in [-0.4, -0.2) is 11.4 Å². The first-order valence-corrected chi connectivity index (χ1v) is 5.47. The maximum Gasteiger partial charge on any atom is 0.153 e. The van der Waals surface area contributed by atoms with E-state index < -0.39 is 0 Å². The second-order valence-electron chi connectivity index (χ2n) is 2.62. The minimum Gasteiger partial charge on any atom is -0.507 e. The molecule has 2 nitrogen and oxygen atoms in total. The third-order valence-corrected chi connectivity index (χ3v) is 3.62. The highest BCUT2D eigenvalue weighted by Gasteiger charge is 2.05. The van der Waals surface area contributed by atoms with E-state index in [1.807, 2.05) is 6.07 Å². The maximum absolute atomic E-state index is 10.5. The summed E-state index contributed by atoms with van der Waals surface area (Å²) < 4.78 is 2.18. The quantitative estimate of drug-likeness (QED) is 0.649. The topological polar surface area (TPSA) is 37.3 Å². The summed E-state index contributed by atoms with van der Waals surface area (Å²) in [5.41, 5.74) is 0.353. The molecule has 0 radical (unpaired) electrons. The number of thiophene rings is 1. The second-order valence-corrected chi connectivity index (χ2v) is 5.60. The number of benzene rings is 1. The number of phenols is 1. The van der Waals surface area contributed by atoms with Crippen LogP contribution >= 0.6 is 33.9 Å². The van der Waals surface area contributed by atoms with Crippen LogP contribution in [0.15, 0.2) is 18.2 Å². The Kier molecular flexibility index (Phi) is 2.25. The highest BCUT2D eigenvalue weighted by Crippen LogP contribution is 2.31.